The minimum absolute atomic E-state index is 0.0115. The Morgan fingerprint density at radius 1 is 0.868 bits per heavy atom. The van der Waals surface area contributed by atoms with Crippen molar-refractivity contribution in [2.24, 2.45) is 5.92 Å². The molecular formula is C30H31N3O5. The first-order valence-electron chi connectivity index (χ1n) is 13.1. The molecule has 0 spiro atoms. The molecule has 3 heterocycles. The van der Waals surface area contributed by atoms with E-state index < -0.39 is 6.04 Å². The van der Waals surface area contributed by atoms with Gasteiger partial charge in [0.2, 0.25) is 18.6 Å². The summed E-state index contributed by atoms with van der Waals surface area (Å²) >= 11 is 0. The van der Waals surface area contributed by atoms with Crippen molar-refractivity contribution in [3.8, 4) is 17.2 Å². The number of rotatable bonds is 5. The van der Waals surface area contributed by atoms with Crippen LogP contribution in [-0.2, 0) is 9.59 Å². The smallest absolute Gasteiger partial charge is 0.231 e. The van der Waals surface area contributed by atoms with Crippen LogP contribution >= 0.6 is 0 Å². The summed E-state index contributed by atoms with van der Waals surface area (Å²) in [6, 6.07) is 23.1. The van der Waals surface area contributed by atoms with Gasteiger partial charge < -0.3 is 28.9 Å². The van der Waals surface area contributed by atoms with Gasteiger partial charge in [0.1, 0.15) is 5.75 Å². The maximum absolute atomic E-state index is 14.1. The molecule has 2 saturated heterocycles. The first-order chi connectivity index (χ1) is 18.6. The van der Waals surface area contributed by atoms with Gasteiger partial charge in [-0.25, -0.2) is 0 Å². The predicted octanol–water partition coefficient (Wildman–Crippen LogP) is 4.26. The van der Waals surface area contributed by atoms with Gasteiger partial charge in [0.15, 0.2) is 11.5 Å². The van der Waals surface area contributed by atoms with E-state index in [2.05, 4.69) is 17.0 Å². The van der Waals surface area contributed by atoms with Crippen molar-refractivity contribution >= 4 is 23.2 Å². The number of fused-ring (bicyclic) bond motifs is 1. The van der Waals surface area contributed by atoms with Gasteiger partial charge in [0, 0.05) is 50.0 Å². The second-order valence-electron chi connectivity index (χ2n) is 9.81. The van der Waals surface area contributed by atoms with Gasteiger partial charge >= 0.3 is 0 Å². The molecule has 2 amide bonds. The number of piperidine rings is 1. The highest BCUT2D eigenvalue weighted by Crippen LogP contribution is 2.44. The molecule has 0 unspecified atom stereocenters. The summed E-state index contributed by atoms with van der Waals surface area (Å²) in [6.45, 7) is 3.01. The molecule has 0 N–H and O–H groups in total. The Labute approximate surface area is 222 Å². The molecule has 3 aliphatic rings. The fourth-order valence-electron chi connectivity index (χ4n) is 5.73. The van der Waals surface area contributed by atoms with E-state index in [1.807, 2.05) is 65.6 Å². The van der Waals surface area contributed by atoms with E-state index in [1.54, 1.807) is 12.0 Å². The van der Waals surface area contributed by atoms with Crippen molar-refractivity contribution in [3.63, 3.8) is 0 Å². The minimum atomic E-state index is -0.442. The molecule has 8 nitrogen and oxygen atoms in total. The number of hydrogen-bond acceptors (Lipinski definition) is 6. The summed E-state index contributed by atoms with van der Waals surface area (Å²) in [7, 11) is 1.62. The zero-order valence-corrected chi connectivity index (χ0v) is 21.4. The van der Waals surface area contributed by atoms with Crippen LogP contribution in [-0.4, -0.2) is 56.8 Å². The third kappa shape index (κ3) is 4.51. The van der Waals surface area contributed by atoms with Gasteiger partial charge in [-0.2, -0.15) is 0 Å². The summed E-state index contributed by atoms with van der Waals surface area (Å²) in [4.78, 5) is 33.6. The van der Waals surface area contributed by atoms with Crippen LogP contribution in [0.25, 0.3) is 0 Å². The Bertz CT molecular complexity index is 1310. The third-order valence-electron chi connectivity index (χ3n) is 7.72. The van der Waals surface area contributed by atoms with Crippen molar-refractivity contribution in [2.75, 3.05) is 49.9 Å². The Hall–Kier alpha value is -4.20. The Morgan fingerprint density at radius 3 is 2.34 bits per heavy atom. The molecule has 3 aliphatic heterocycles. The molecule has 0 bridgehead atoms. The normalized spacial score (nSPS) is 21.0. The highest BCUT2D eigenvalue weighted by molar-refractivity contribution is 5.98. The van der Waals surface area contributed by atoms with E-state index in [-0.39, 0.29) is 24.5 Å². The molecule has 38 heavy (non-hydrogen) atoms. The van der Waals surface area contributed by atoms with Gasteiger partial charge in [-0.3, -0.25) is 9.59 Å². The van der Waals surface area contributed by atoms with Gasteiger partial charge in [0.25, 0.3) is 0 Å². The number of hydrogen-bond donors (Lipinski definition) is 0. The topological polar surface area (TPSA) is 71.6 Å². The molecule has 3 aromatic carbocycles. The van der Waals surface area contributed by atoms with Crippen molar-refractivity contribution in [1.82, 2.24) is 4.90 Å². The lowest BCUT2D eigenvalue weighted by Gasteiger charge is -2.44. The SMILES string of the molecule is COc1ccc([C@@H]2[C@H](C(=O)N3CCN(c4ccccc4)CC3)CCC(=O)N2c2ccc3c(c2)OCO3)cc1. The van der Waals surface area contributed by atoms with Crippen molar-refractivity contribution in [3.05, 3.63) is 78.4 Å². The first-order valence-corrected chi connectivity index (χ1v) is 13.1. The molecule has 6 rings (SSSR count). The molecule has 0 aliphatic carbocycles. The molecule has 0 saturated carbocycles. The largest absolute Gasteiger partial charge is 0.497 e. The van der Waals surface area contributed by atoms with Gasteiger partial charge in [-0.15, -0.1) is 0 Å². The zero-order valence-electron chi connectivity index (χ0n) is 21.4. The average molecular weight is 514 g/mol. The van der Waals surface area contributed by atoms with Crippen molar-refractivity contribution in [2.45, 2.75) is 18.9 Å². The molecule has 8 heteroatoms. The molecule has 3 aromatic rings. The lowest BCUT2D eigenvalue weighted by atomic mass is 9.82. The number of ether oxygens (including phenoxy) is 3. The second-order valence-corrected chi connectivity index (χ2v) is 9.81. The lowest BCUT2D eigenvalue weighted by Crippen LogP contribution is -2.54. The Kier molecular flexibility index (Phi) is 6.54. The van der Waals surface area contributed by atoms with Crippen LogP contribution in [0.1, 0.15) is 24.4 Å². The fourth-order valence-corrected chi connectivity index (χ4v) is 5.73. The average Bonchev–Trinajstić information content (AvgIpc) is 3.45. The van der Waals surface area contributed by atoms with Gasteiger partial charge in [0.05, 0.1) is 19.1 Å². The number of nitrogens with zero attached hydrogens (tertiary/aromatic N) is 3. The van der Waals surface area contributed by atoms with Crippen molar-refractivity contribution in [1.29, 1.82) is 0 Å². The lowest BCUT2D eigenvalue weighted by molar-refractivity contribution is -0.138. The number of carbonyl (C=O) groups excluding carboxylic acids is 2. The minimum Gasteiger partial charge on any atom is -0.497 e. The van der Waals surface area contributed by atoms with Crippen LogP contribution in [0.4, 0.5) is 11.4 Å². The zero-order chi connectivity index (χ0) is 26.1. The summed E-state index contributed by atoms with van der Waals surface area (Å²) in [5.74, 6) is 1.71. The van der Waals surface area contributed by atoms with Crippen LogP contribution in [0.5, 0.6) is 17.2 Å². The molecule has 2 fully saturated rings. The maximum Gasteiger partial charge on any atom is 0.231 e. The highest BCUT2D eigenvalue weighted by Gasteiger charge is 2.43. The number of amides is 2. The second kappa shape index (κ2) is 10.3. The molecule has 196 valence electrons. The molecule has 2 atom stereocenters. The van der Waals surface area contributed by atoms with E-state index in [1.165, 1.54) is 5.69 Å². The van der Waals surface area contributed by atoms with Crippen molar-refractivity contribution < 1.29 is 23.8 Å². The van der Waals surface area contributed by atoms with Gasteiger partial charge in [-0.05, 0) is 48.4 Å². The van der Waals surface area contributed by atoms with E-state index >= 15 is 0 Å². The predicted molar refractivity (Wildman–Crippen MR) is 144 cm³/mol. The molecule has 0 aromatic heterocycles. The number of para-hydroxylation sites is 1. The Balaban J connectivity index is 1.30. The van der Waals surface area contributed by atoms with E-state index in [0.29, 0.717) is 43.1 Å². The number of benzene rings is 3. The highest BCUT2D eigenvalue weighted by atomic mass is 16.7. The van der Waals surface area contributed by atoms with E-state index in [9.17, 15) is 9.59 Å². The summed E-state index contributed by atoms with van der Waals surface area (Å²) in [5, 5.41) is 0. The van der Waals surface area contributed by atoms with Crippen LogP contribution < -0.4 is 24.0 Å². The number of anilines is 2. The van der Waals surface area contributed by atoms with Gasteiger partial charge in [-0.1, -0.05) is 30.3 Å². The number of piperazine rings is 1. The monoisotopic (exact) mass is 513 g/mol. The fraction of sp³-hybridized carbons (Fsp3) is 0.333. The summed E-state index contributed by atoms with van der Waals surface area (Å²) < 4.78 is 16.4. The standard InChI is InChI=1S/C30H31N3O5/c1-36-24-10-7-21(8-11-24)29-25(30(35)32-17-15-31(16-18-32)22-5-3-2-4-6-22)12-14-28(34)33(29)23-9-13-26-27(19-23)38-20-37-26/h2-11,13,19,25,29H,12,14-18,20H2,1H3/t25-,29-/m1/s1. The van der Waals surface area contributed by atoms with E-state index in [0.717, 1.165) is 24.4 Å². The summed E-state index contributed by atoms with van der Waals surface area (Å²) in [5.41, 5.74) is 2.78. The third-order valence-corrected chi connectivity index (χ3v) is 7.72. The summed E-state index contributed by atoms with van der Waals surface area (Å²) in [6.07, 6.45) is 0.815. The van der Waals surface area contributed by atoms with Crippen LogP contribution in [0, 0.1) is 5.92 Å². The van der Waals surface area contributed by atoms with Crippen LogP contribution in [0.2, 0.25) is 0 Å². The quantitative estimate of drug-likeness (QED) is 0.508. The van der Waals surface area contributed by atoms with E-state index in [4.69, 9.17) is 14.2 Å². The maximum atomic E-state index is 14.1. The molecule has 0 radical (unpaired) electrons. The number of methoxy groups -OCH3 is 1. The van der Waals surface area contributed by atoms with Crippen LogP contribution in [0.15, 0.2) is 72.8 Å². The molecular weight excluding hydrogens is 482 g/mol. The number of carbonyl (C=O) groups is 2. The Morgan fingerprint density at radius 2 is 1.61 bits per heavy atom. The van der Waals surface area contributed by atoms with Crippen LogP contribution in [0.3, 0.4) is 0 Å². The first kappa shape index (κ1) is 24.2.